The SMILES string of the molecule is Cc1ccc(S(=O)(=O)c2ccc(N/N=C3/C[C@H]4C=CC[C@H]34)cc2)cc1. The van der Waals surface area contributed by atoms with E-state index in [1.165, 1.54) is 5.71 Å². The highest BCUT2D eigenvalue weighted by Crippen LogP contribution is 2.40. The zero-order valence-corrected chi connectivity index (χ0v) is 14.8. The lowest BCUT2D eigenvalue weighted by Crippen LogP contribution is -2.33. The number of hydrogen-bond acceptors (Lipinski definition) is 4. The predicted octanol–water partition coefficient (Wildman–Crippen LogP) is 4.19. The first-order chi connectivity index (χ1) is 12.0. The number of hydrazone groups is 1. The van der Waals surface area contributed by atoms with E-state index >= 15 is 0 Å². The number of benzene rings is 2. The summed E-state index contributed by atoms with van der Waals surface area (Å²) in [6.07, 6.45) is 6.60. The van der Waals surface area contributed by atoms with E-state index < -0.39 is 9.84 Å². The molecular formula is C20H20N2O2S. The monoisotopic (exact) mass is 352 g/mol. The van der Waals surface area contributed by atoms with Crippen LogP contribution in [0.5, 0.6) is 0 Å². The predicted molar refractivity (Wildman–Crippen MR) is 99.5 cm³/mol. The molecule has 1 fully saturated rings. The molecule has 0 heterocycles. The lowest BCUT2D eigenvalue weighted by molar-refractivity contribution is 0.466. The average Bonchev–Trinajstić information content (AvgIpc) is 2.97. The molecule has 0 bridgehead atoms. The van der Waals surface area contributed by atoms with E-state index in [2.05, 4.69) is 22.7 Å². The molecule has 5 heteroatoms. The Morgan fingerprint density at radius 3 is 2.28 bits per heavy atom. The Bertz CT molecular complexity index is 942. The van der Waals surface area contributed by atoms with Crippen LogP contribution in [-0.4, -0.2) is 14.1 Å². The summed E-state index contributed by atoms with van der Waals surface area (Å²) in [4.78, 5) is 0.603. The van der Waals surface area contributed by atoms with Crippen LogP contribution in [-0.2, 0) is 9.84 Å². The highest BCUT2D eigenvalue weighted by atomic mass is 32.2. The second kappa shape index (κ2) is 6.15. The standard InChI is InChI=1S/C20H20N2O2S/c1-14-5-9-17(10-6-14)25(23,24)18-11-7-16(8-12-18)21-22-20-13-15-3-2-4-19(15)20/h2-3,5-12,15,19,21H,4,13H2,1H3/b22-20-/t15-,19+/m1/s1. The molecule has 0 radical (unpaired) electrons. The summed E-state index contributed by atoms with van der Waals surface area (Å²) in [7, 11) is -3.48. The van der Waals surface area contributed by atoms with Gasteiger partial charge in [0.2, 0.25) is 9.84 Å². The number of rotatable bonds is 4. The van der Waals surface area contributed by atoms with Crippen molar-refractivity contribution in [3.8, 4) is 0 Å². The minimum Gasteiger partial charge on any atom is -0.279 e. The lowest BCUT2D eigenvalue weighted by Gasteiger charge is -2.31. The molecule has 0 aromatic heterocycles. The number of fused-ring (bicyclic) bond motifs is 1. The Kier molecular flexibility index (Phi) is 3.96. The third-order valence-corrected chi connectivity index (χ3v) is 6.77. The van der Waals surface area contributed by atoms with Gasteiger partial charge in [-0.15, -0.1) is 0 Å². The minimum atomic E-state index is -3.48. The highest BCUT2D eigenvalue weighted by molar-refractivity contribution is 7.91. The van der Waals surface area contributed by atoms with Crippen LogP contribution in [0.25, 0.3) is 0 Å². The molecule has 4 nitrogen and oxygen atoms in total. The number of sulfone groups is 1. The maximum absolute atomic E-state index is 12.6. The Labute approximate surface area is 148 Å². The fourth-order valence-electron chi connectivity index (χ4n) is 3.36. The Morgan fingerprint density at radius 2 is 1.64 bits per heavy atom. The maximum Gasteiger partial charge on any atom is 0.206 e. The van der Waals surface area contributed by atoms with Crippen molar-refractivity contribution in [2.45, 2.75) is 29.6 Å². The molecule has 128 valence electrons. The molecule has 0 unspecified atom stereocenters. The van der Waals surface area contributed by atoms with Crippen molar-refractivity contribution < 1.29 is 8.42 Å². The van der Waals surface area contributed by atoms with Crippen molar-refractivity contribution in [3.63, 3.8) is 0 Å². The van der Waals surface area contributed by atoms with E-state index in [1.54, 1.807) is 36.4 Å². The van der Waals surface area contributed by atoms with E-state index in [0.29, 0.717) is 21.6 Å². The zero-order chi connectivity index (χ0) is 17.4. The molecule has 2 aliphatic carbocycles. The second-order valence-corrected chi connectivity index (χ2v) is 8.64. The van der Waals surface area contributed by atoms with E-state index in [-0.39, 0.29) is 0 Å². The molecule has 4 rings (SSSR count). The molecule has 2 aromatic carbocycles. The summed E-state index contributed by atoms with van der Waals surface area (Å²) in [5.74, 6) is 1.23. The topological polar surface area (TPSA) is 58.5 Å². The molecule has 2 aliphatic rings. The van der Waals surface area contributed by atoms with E-state index in [9.17, 15) is 8.42 Å². The number of allylic oxidation sites excluding steroid dienone is 2. The van der Waals surface area contributed by atoms with Gasteiger partial charge in [0, 0.05) is 11.6 Å². The van der Waals surface area contributed by atoms with Gasteiger partial charge in [0.1, 0.15) is 0 Å². The third kappa shape index (κ3) is 3.00. The van der Waals surface area contributed by atoms with Crippen molar-refractivity contribution >= 4 is 21.2 Å². The van der Waals surface area contributed by atoms with E-state index in [4.69, 9.17) is 0 Å². The summed E-state index contributed by atoms with van der Waals surface area (Å²) < 4.78 is 25.3. The smallest absolute Gasteiger partial charge is 0.206 e. The lowest BCUT2D eigenvalue weighted by atomic mass is 9.74. The first-order valence-electron chi connectivity index (χ1n) is 8.45. The fourth-order valence-corrected chi connectivity index (χ4v) is 4.62. The molecule has 0 spiro atoms. The number of hydrogen-bond donors (Lipinski definition) is 1. The van der Waals surface area contributed by atoms with Gasteiger partial charge >= 0.3 is 0 Å². The highest BCUT2D eigenvalue weighted by Gasteiger charge is 2.37. The molecule has 1 N–H and O–H groups in total. The Morgan fingerprint density at radius 1 is 1.00 bits per heavy atom. The Balaban J connectivity index is 1.48. The number of aryl methyl sites for hydroxylation is 1. The average molecular weight is 352 g/mol. The first-order valence-corrected chi connectivity index (χ1v) is 9.93. The van der Waals surface area contributed by atoms with Crippen LogP contribution in [0.15, 0.2) is 75.6 Å². The molecule has 0 aliphatic heterocycles. The Hall–Kier alpha value is -2.40. The molecule has 2 atom stereocenters. The van der Waals surface area contributed by atoms with Gasteiger partial charge in [0.15, 0.2) is 0 Å². The van der Waals surface area contributed by atoms with E-state index in [0.717, 1.165) is 24.1 Å². The van der Waals surface area contributed by atoms with Crippen molar-refractivity contribution in [3.05, 3.63) is 66.2 Å². The summed E-state index contributed by atoms with van der Waals surface area (Å²) >= 11 is 0. The molecule has 1 saturated carbocycles. The molecular weight excluding hydrogens is 332 g/mol. The quantitative estimate of drug-likeness (QED) is 0.663. The van der Waals surface area contributed by atoms with Crippen LogP contribution in [0, 0.1) is 18.8 Å². The summed E-state index contributed by atoms with van der Waals surface area (Å²) in [6, 6.07) is 13.7. The van der Waals surface area contributed by atoms with Crippen molar-refractivity contribution in [1.29, 1.82) is 0 Å². The number of nitrogens with one attached hydrogen (secondary N) is 1. The van der Waals surface area contributed by atoms with Crippen molar-refractivity contribution in [2.75, 3.05) is 5.43 Å². The second-order valence-electron chi connectivity index (χ2n) is 6.69. The summed E-state index contributed by atoms with van der Waals surface area (Å²) in [5.41, 5.74) is 6.08. The van der Waals surface area contributed by atoms with Crippen molar-refractivity contribution in [2.24, 2.45) is 16.9 Å². The number of anilines is 1. The zero-order valence-electron chi connectivity index (χ0n) is 14.0. The van der Waals surface area contributed by atoms with Crippen LogP contribution >= 0.6 is 0 Å². The van der Waals surface area contributed by atoms with Crippen LogP contribution in [0.1, 0.15) is 18.4 Å². The van der Waals surface area contributed by atoms with Crippen LogP contribution in [0.2, 0.25) is 0 Å². The van der Waals surface area contributed by atoms with Crippen LogP contribution in [0.3, 0.4) is 0 Å². The van der Waals surface area contributed by atoms with Gasteiger partial charge in [-0.05, 0) is 62.1 Å². The summed E-state index contributed by atoms with van der Waals surface area (Å²) in [6.45, 7) is 1.93. The van der Waals surface area contributed by atoms with Gasteiger partial charge in [0.25, 0.3) is 0 Å². The molecule has 25 heavy (non-hydrogen) atoms. The van der Waals surface area contributed by atoms with Gasteiger partial charge in [-0.1, -0.05) is 29.8 Å². The maximum atomic E-state index is 12.6. The summed E-state index contributed by atoms with van der Waals surface area (Å²) in [5, 5.41) is 4.48. The first kappa shape index (κ1) is 16.1. The van der Waals surface area contributed by atoms with Crippen LogP contribution < -0.4 is 5.43 Å². The minimum absolute atomic E-state index is 0.290. The molecule has 2 aromatic rings. The van der Waals surface area contributed by atoms with Gasteiger partial charge in [0.05, 0.1) is 15.5 Å². The fraction of sp³-hybridized carbons (Fsp3) is 0.250. The third-order valence-electron chi connectivity index (χ3n) is 4.99. The van der Waals surface area contributed by atoms with Crippen molar-refractivity contribution in [1.82, 2.24) is 0 Å². The van der Waals surface area contributed by atoms with Gasteiger partial charge in [-0.2, -0.15) is 5.10 Å². The van der Waals surface area contributed by atoms with Gasteiger partial charge in [-0.3, -0.25) is 5.43 Å². The van der Waals surface area contributed by atoms with Gasteiger partial charge < -0.3 is 0 Å². The normalized spacial score (nSPS) is 23.3. The van der Waals surface area contributed by atoms with Gasteiger partial charge in [-0.25, -0.2) is 8.42 Å². The molecule has 0 saturated heterocycles. The van der Waals surface area contributed by atoms with Crippen LogP contribution in [0.4, 0.5) is 5.69 Å². The molecule has 0 amide bonds. The number of nitrogens with zero attached hydrogens (tertiary/aromatic N) is 1. The van der Waals surface area contributed by atoms with E-state index in [1.807, 2.05) is 19.1 Å². The largest absolute Gasteiger partial charge is 0.279 e.